The monoisotopic (exact) mass is 177 g/mol. The quantitative estimate of drug-likeness (QED) is 0.676. The lowest BCUT2D eigenvalue weighted by Gasteiger charge is -2.07. The standard InChI is InChI=1S/C9H11N3O/c10-9(1-2-9)8-11-3-6-4-13-5-7(6)12-8/h3H,1-2,4-5,10H2. The molecule has 4 heteroatoms. The van der Waals surface area contributed by atoms with Crippen molar-refractivity contribution in [2.45, 2.75) is 31.6 Å². The number of rotatable bonds is 1. The van der Waals surface area contributed by atoms with Gasteiger partial charge in [-0.05, 0) is 12.8 Å². The Morgan fingerprint density at radius 2 is 2.23 bits per heavy atom. The first-order valence-corrected chi connectivity index (χ1v) is 4.50. The Morgan fingerprint density at radius 1 is 1.38 bits per heavy atom. The fourth-order valence-corrected chi connectivity index (χ4v) is 1.54. The van der Waals surface area contributed by atoms with Crippen LogP contribution >= 0.6 is 0 Å². The first-order valence-electron chi connectivity index (χ1n) is 4.50. The molecular formula is C9H11N3O. The summed E-state index contributed by atoms with van der Waals surface area (Å²) in [4.78, 5) is 8.69. The molecule has 1 saturated carbocycles. The van der Waals surface area contributed by atoms with Crippen molar-refractivity contribution in [2.75, 3.05) is 0 Å². The van der Waals surface area contributed by atoms with Gasteiger partial charge in [0.2, 0.25) is 0 Å². The van der Waals surface area contributed by atoms with Gasteiger partial charge in [-0.2, -0.15) is 0 Å². The Labute approximate surface area is 76.1 Å². The van der Waals surface area contributed by atoms with Crippen molar-refractivity contribution in [1.29, 1.82) is 0 Å². The Kier molecular flexibility index (Phi) is 1.30. The van der Waals surface area contributed by atoms with Crippen molar-refractivity contribution < 1.29 is 4.74 Å². The second kappa shape index (κ2) is 2.27. The molecule has 4 nitrogen and oxygen atoms in total. The molecule has 68 valence electrons. The molecule has 1 aliphatic carbocycles. The van der Waals surface area contributed by atoms with Crippen LogP contribution in [0.4, 0.5) is 0 Å². The van der Waals surface area contributed by atoms with E-state index in [2.05, 4.69) is 9.97 Å². The van der Waals surface area contributed by atoms with E-state index in [1.165, 1.54) is 0 Å². The van der Waals surface area contributed by atoms with E-state index in [0.717, 1.165) is 29.9 Å². The summed E-state index contributed by atoms with van der Waals surface area (Å²) in [6.07, 6.45) is 3.86. The topological polar surface area (TPSA) is 61.0 Å². The first-order chi connectivity index (χ1) is 6.28. The Bertz CT molecular complexity index is 360. The summed E-state index contributed by atoms with van der Waals surface area (Å²) >= 11 is 0. The summed E-state index contributed by atoms with van der Waals surface area (Å²) in [5.74, 6) is 0.789. The van der Waals surface area contributed by atoms with Crippen LogP contribution in [0.25, 0.3) is 0 Å². The van der Waals surface area contributed by atoms with Gasteiger partial charge in [-0.1, -0.05) is 0 Å². The Morgan fingerprint density at radius 3 is 3.00 bits per heavy atom. The molecule has 0 saturated heterocycles. The van der Waals surface area contributed by atoms with Gasteiger partial charge in [-0.3, -0.25) is 0 Å². The van der Waals surface area contributed by atoms with Gasteiger partial charge in [0.1, 0.15) is 5.82 Å². The number of hydrogen-bond acceptors (Lipinski definition) is 4. The summed E-state index contributed by atoms with van der Waals surface area (Å²) in [6, 6.07) is 0. The molecule has 0 bridgehead atoms. The van der Waals surface area contributed by atoms with E-state index in [0.29, 0.717) is 13.2 Å². The smallest absolute Gasteiger partial charge is 0.148 e. The zero-order valence-corrected chi connectivity index (χ0v) is 7.29. The molecule has 2 N–H and O–H groups in total. The normalized spacial score (nSPS) is 22.8. The molecule has 13 heavy (non-hydrogen) atoms. The average molecular weight is 177 g/mol. The average Bonchev–Trinajstić information content (AvgIpc) is 2.74. The predicted octanol–water partition coefficient (Wildman–Crippen LogP) is 0.455. The van der Waals surface area contributed by atoms with E-state index < -0.39 is 0 Å². The van der Waals surface area contributed by atoms with Crippen LogP contribution in [0.5, 0.6) is 0 Å². The number of nitrogens with zero attached hydrogens (tertiary/aromatic N) is 2. The molecule has 3 rings (SSSR count). The molecule has 2 aliphatic rings. The summed E-state index contributed by atoms with van der Waals surface area (Å²) < 4.78 is 5.26. The zero-order valence-electron chi connectivity index (χ0n) is 7.29. The van der Waals surface area contributed by atoms with Gasteiger partial charge >= 0.3 is 0 Å². The fourth-order valence-electron chi connectivity index (χ4n) is 1.54. The molecule has 0 atom stereocenters. The number of nitrogens with two attached hydrogens (primary N) is 1. The van der Waals surface area contributed by atoms with Gasteiger partial charge < -0.3 is 10.5 Å². The van der Waals surface area contributed by atoms with Crippen LogP contribution in [0.15, 0.2) is 6.20 Å². The second-order valence-electron chi connectivity index (χ2n) is 3.81. The molecule has 1 aliphatic heterocycles. The maximum atomic E-state index is 6.00. The van der Waals surface area contributed by atoms with Gasteiger partial charge in [-0.15, -0.1) is 0 Å². The minimum atomic E-state index is -0.225. The van der Waals surface area contributed by atoms with Crippen LogP contribution < -0.4 is 5.73 Å². The van der Waals surface area contributed by atoms with E-state index in [1.807, 2.05) is 6.20 Å². The first kappa shape index (κ1) is 7.41. The van der Waals surface area contributed by atoms with E-state index >= 15 is 0 Å². The van der Waals surface area contributed by atoms with E-state index in [4.69, 9.17) is 10.5 Å². The number of hydrogen-bond donors (Lipinski definition) is 1. The molecule has 0 unspecified atom stereocenters. The van der Waals surface area contributed by atoms with E-state index in [9.17, 15) is 0 Å². The van der Waals surface area contributed by atoms with Gasteiger partial charge in [0.05, 0.1) is 24.4 Å². The van der Waals surface area contributed by atoms with Gasteiger partial charge in [0, 0.05) is 11.8 Å². The Balaban J connectivity index is 2.05. The van der Waals surface area contributed by atoms with Crippen LogP contribution in [0.1, 0.15) is 29.9 Å². The highest BCUT2D eigenvalue weighted by atomic mass is 16.5. The van der Waals surface area contributed by atoms with Gasteiger partial charge in [0.15, 0.2) is 0 Å². The van der Waals surface area contributed by atoms with Crippen molar-refractivity contribution in [3.8, 4) is 0 Å². The van der Waals surface area contributed by atoms with Crippen molar-refractivity contribution >= 4 is 0 Å². The molecule has 1 aromatic heterocycles. The van der Waals surface area contributed by atoms with Crippen LogP contribution in [0, 0.1) is 0 Å². The third-order valence-electron chi connectivity index (χ3n) is 2.68. The highest BCUT2D eigenvalue weighted by Crippen LogP contribution is 2.40. The minimum Gasteiger partial charge on any atom is -0.370 e. The van der Waals surface area contributed by atoms with Crippen LogP contribution in [0.2, 0.25) is 0 Å². The number of aromatic nitrogens is 2. The lowest BCUT2D eigenvalue weighted by atomic mass is 10.2. The molecule has 2 heterocycles. The van der Waals surface area contributed by atoms with Gasteiger partial charge in [-0.25, -0.2) is 9.97 Å². The third-order valence-corrected chi connectivity index (χ3v) is 2.68. The predicted molar refractivity (Wildman–Crippen MR) is 45.6 cm³/mol. The van der Waals surface area contributed by atoms with Crippen molar-refractivity contribution in [1.82, 2.24) is 9.97 Å². The van der Waals surface area contributed by atoms with Gasteiger partial charge in [0.25, 0.3) is 0 Å². The lowest BCUT2D eigenvalue weighted by molar-refractivity contribution is 0.133. The SMILES string of the molecule is NC1(c2ncc3c(n2)COC3)CC1. The maximum Gasteiger partial charge on any atom is 0.148 e. The maximum absolute atomic E-state index is 6.00. The van der Waals surface area contributed by atoms with E-state index in [1.54, 1.807) is 0 Å². The van der Waals surface area contributed by atoms with Crippen LogP contribution in [-0.4, -0.2) is 9.97 Å². The second-order valence-corrected chi connectivity index (χ2v) is 3.81. The largest absolute Gasteiger partial charge is 0.370 e. The Hall–Kier alpha value is -1.00. The molecular weight excluding hydrogens is 166 g/mol. The minimum absolute atomic E-state index is 0.225. The summed E-state index contributed by atoms with van der Waals surface area (Å²) in [6.45, 7) is 1.26. The van der Waals surface area contributed by atoms with Crippen LogP contribution in [-0.2, 0) is 23.5 Å². The fraction of sp³-hybridized carbons (Fsp3) is 0.556. The third kappa shape index (κ3) is 1.06. The molecule has 0 aromatic carbocycles. The van der Waals surface area contributed by atoms with Crippen molar-refractivity contribution in [2.24, 2.45) is 5.73 Å². The van der Waals surface area contributed by atoms with Crippen LogP contribution in [0.3, 0.4) is 0 Å². The van der Waals surface area contributed by atoms with Crippen molar-refractivity contribution in [3.05, 3.63) is 23.3 Å². The molecule has 1 aromatic rings. The lowest BCUT2D eigenvalue weighted by Crippen LogP contribution is -2.22. The molecule has 0 spiro atoms. The number of fused-ring (bicyclic) bond motifs is 1. The van der Waals surface area contributed by atoms with Crippen molar-refractivity contribution in [3.63, 3.8) is 0 Å². The molecule has 0 radical (unpaired) electrons. The number of ether oxygens (including phenoxy) is 1. The molecule has 1 fully saturated rings. The molecule has 0 amide bonds. The van der Waals surface area contributed by atoms with E-state index in [-0.39, 0.29) is 5.54 Å². The highest BCUT2D eigenvalue weighted by molar-refractivity contribution is 5.23. The summed E-state index contributed by atoms with van der Waals surface area (Å²) in [5.41, 5.74) is 7.89. The zero-order chi connectivity index (χ0) is 8.89. The summed E-state index contributed by atoms with van der Waals surface area (Å²) in [5, 5.41) is 0. The summed E-state index contributed by atoms with van der Waals surface area (Å²) in [7, 11) is 0. The highest BCUT2D eigenvalue weighted by Gasteiger charge is 2.43.